The second-order valence-electron chi connectivity index (χ2n) is 0. The zero-order chi connectivity index (χ0) is 0. The summed E-state index contributed by atoms with van der Waals surface area (Å²) >= 11 is 0. The molecule has 0 rings (SSSR count). The van der Waals surface area contributed by atoms with E-state index < -0.39 is 0 Å². The van der Waals surface area contributed by atoms with E-state index in [1.165, 1.54) is 0 Å². The summed E-state index contributed by atoms with van der Waals surface area (Å²) in [6, 6.07) is 0. The van der Waals surface area contributed by atoms with Crippen LogP contribution in [0.25, 0.3) is 0 Å². The molecule has 0 aliphatic rings. The average molecular weight is 303 g/mol. The predicted octanol–water partition coefficient (Wildman–Crippen LogP) is -8.54. The van der Waals surface area contributed by atoms with Gasteiger partial charge in [0.2, 0.25) is 0 Å². The molecule has 0 amide bonds. The van der Waals surface area contributed by atoms with Crippen LogP contribution in [0.3, 0.4) is 0 Å². The first kappa shape index (κ1) is 35.6. The van der Waals surface area contributed by atoms with Gasteiger partial charge in [-0.05, 0) is 0 Å². The van der Waals surface area contributed by atoms with Gasteiger partial charge in [0.15, 0.2) is 0 Å². The molecule has 0 saturated carbocycles. The molecule has 5 heavy (non-hydrogen) atoms. The first-order chi connectivity index (χ1) is 0. The van der Waals surface area contributed by atoms with E-state index >= 15 is 0 Å². The van der Waals surface area contributed by atoms with Crippen LogP contribution in [0.2, 0.25) is 0 Å². The van der Waals surface area contributed by atoms with Crippen molar-refractivity contribution in [3.63, 3.8) is 0 Å². The Kier molecular flexibility index (Phi) is 173. The third kappa shape index (κ3) is 17.9. The molecular formula is H5AuNa3S. The molecule has 0 nitrogen and oxygen atoms in total. The average Bonchev–Trinajstić information content (AvgIpc) is 0. The minimum Gasteiger partial charge on any atom is -1.00 e. The second kappa shape index (κ2) is 24.3. The summed E-state index contributed by atoms with van der Waals surface area (Å²) in [6.45, 7) is 0. The van der Waals surface area contributed by atoms with Crippen molar-refractivity contribution in [3.8, 4) is 0 Å². The van der Waals surface area contributed by atoms with Crippen molar-refractivity contribution < 1.29 is 115 Å². The van der Waals surface area contributed by atoms with Gasteiger partial charge in [0.25, 0.3) is 0 Å². The smallest absolute Gasteiger partial charge is 1.00 e. The van der Waals surface area contributed by atoms with Gasteiger partial charge < -0.3 is 4.28 Å². The summed E-state index contributed by atoms with van der Waals surface area (Å²) < 4.78 is 0. The number of hydrogen-bond acceptors (Lipinski definition) is 0. The van der Waals surface area contributed by atoms with E-state index in [0.717, 1.165) is 0 Å². The van der Waals surface area contributed by atoms with Gasteiger partial charge in [-0.3, -0.25) is 0 Å². The van der Waals surface area contributed by atoms with Gasteiger partial charge in [-0.2, -0.15) is 13.5 Å². The zero-order valence-corrected chi connectivity index (χ0v) is 13.0. The van der Waals surface area contributed by atoms with Crippen molar-refractivity contribution in [2.45, 2.75) is 0 Å². The Bertz CT molecular complexity index is 14.5. The number of rotatable bonds is 0. The summed E-state index contributed by atoms with van der Waals surface area (Å²) in [7, 11) is 0. The summed E-state index contributed by atoms with van der Waals surface area (Å²) in [5, 5.41) is 0. The van der Waals surface area contributed by atoms with E-state index in [-0.39, 0.29) is 129 Å². The van der Waals surface area contributed by atoms with E-state index in [4.69, 9.17) is 0 Å². The van der Waals surface area contributed by atoms with Crippen molar-refractivity contribution >= 4 is 13.5 Å². The molecule has 1 radical (unpaired) electrons. The molecule has 25 valence electrons. The first-order valence-electron chi connectivity index (χ1n) is 0. The molecule has 0 saturated heterocycles. The summed E-state index contributed by atoms with van der Waals surface area (Å²) in [5.74, 6) is 0. The number of hydrogen-bond donors (Lipinski definition) is 0. The van der Waals surface area contributed by atoms with Crippen LogP contribution in [0.4, 0.5) is 0 Å². The summed E-state index contributed by atoms with van der Waals surface area (Å²) in [4.78, 5) is 0. The van der Waals surface area contributed by atoms with E-state index in [1.807, 2.05) is 0 Å². The standard InChI is InChI=1S/Au.3Na.H2S.3H/h;;;;1H2;;;/q;3*+1;;3*-1. The fourth-order valence-corrected chi connectivity index (χ4v) is 0. The second-order valence-corrected chi connectivity index (χ2v) is 0. The third-order valence-corrected chi connectivity index (χ3v) is 0. The molecule has 0 aliphatic heterocycles. The van der Waals surface area contributed by atoms with E-state index in [2.05, 4.69) is 0 Å². The van der Waals surface area contributed by atoms with Crippen LogP contribution >= 0.6 is 13.5 Å². The quantitative estimate of drug-likeness (QED) is 0.390. The van der Waals surface area contributed by atoms with Gasteiger partial charge in [-0.15, -0.1) is 0 Å². The van der Waals surface area contributed by atoms with Crippen LogP contribution in [0, 0.1) is 0 Å². The monoisotopic (exact) mass is 303 g/mol. The predicted molar refractivity (Wildman–Crippen MR) is 13.7 cm³/mol. The van der Waals surface area contributed by atoms with Crippen LogP contribution in [0.15, 0.2) is 0 Å². The maximum Gasteiger partial charge on any atom is 1.00 e. The van der Waals surface area contributed by atoms with Crippen LogP contribution in [0.1, 0.15) is 4.28 Å². The SMILES string of the molecule is S.[Au].[H-].[H-].[H-].[Na+].[Na+].[Na+]. The van der Waals surface area contributed by atoms with E-state index in [0.29, 0.717) is 0 Å². The van der Waals surface area contributed by atoms with Gasteiger partial charge in [-0.1, -0.05) is 0 Å². The van der Waals surface area contributed by atoms with Gasteiger partial charge in [-0.25, -0.2) is 0 Å². The third-order valence-electron chi connectivity index (χ3n) is 0. The molecular weight excluding hydrogens is 298 g/mol. The Labute approximate surface area is 126 Å². The van der Waals surface area contributed by atoms with Gasteiger partial charge in [0, 0.05) is 22.4 Å². The molecule has 0 fully saturated rings. The van der Waals surface area contributed by atoms with Crippen LogP contribution in [-0.4, -0.2) is 0 Å². The molecule has 0 aliphatic carbocycles. The normalized spacial score (nSPS) is 0. The first-order valence-corrected chi connectivity index (χ1v) is 0. The molecule has 0 unspecified atom stereocenters. The van der Waals surface area contributed by atoms with Gasteiger partial charge in [0.05, 0.1) is 0 Å². The molecule has 0 bridgehead atoms. The molecule has 0 aromatic carbocycles. The molecule has 0 atom stereocenters. The fourth-order valence-electron chi connectivity index (χ4n) is 0. The van der Waals surface area contributed by atoms with Crippen LogP contribution in [0.5, 0.6) is 0 Å². The Morgan fingerprint density at radius 1 is 0.800 bits per heavy atom. The molecule has 0 N–H and O–H groups in total. The Morgan fingerprint density at radius 2 is 0.800 bits per heavy atom. The fraction of sp³-hybridized carbons (Fsp3) is 0. The molecule has 0 spiro atoms. The maximum absolute atomic E-state index is 0. The largest absolute Gasteiger partial charge is 1.00 e. The topological polar surface area (TPSA) is 0 Å². The van der Waals surface area contributed by atoms with E-state index in [9.17, 15) is 0 Å². The van der Waals surface area contributed by atoms with Crippen molar-refractivity contribution in [2.75, 3.05) is 0 Å². The molecule has 0 aromatic heterocycles. The minimum atomic E-state index is 0. The van der Waals surface area contributed by atoms with Crippen molar-refractivity contribution in [1.29, 1.82) is 0 Å². The minimum absolute atomic E-state index is 0. The molecule has 5 heteroatoms. The van der Waals surface area contributed by atoms with Crippen LogP contribution in [-0.2, 0) is 22.4 Å². The Hall–Kier alpha value is 4.09. The maximum atomic E-state index is 0. The zero-order valence-electron chi connectivity index (χ0n) is 6.80. The summed E-state index contributed by atoms with van der Waals surface area (Å²) in [6.07, 6.45) is 0. The summed E-state index contributed by atoms with van der Waals surface area (Å²) in [5.41, 5.74) is 0. The van der Waals surface area contributed by atoms with Gasteiger partial charge >= 0.3 is 88.7 Å². The van der Waals surface area contributed by atoms with Crippen molar-refractivity contribution in [3.05, 3.63) is 0 Å². The molecule has 0 aromatic rings. The van der Waals surface area contributed by atoms with Gasteiger partial charge in [0.1, 0.15) is 0 Å². The van der Waals surface area contributed by atoms with Crippen LogP contribution < -0.4 is 88.7 Å². The van der Waals surface area contributed by atoms with E-state index in [1.54, 1.807) is 0 Å². The van der Waals surface area contributed by atoms with Crippen molar-refractivity contribution in [2.24, 2.45) is 0 Å². The molecule has 0 heterocycles. The van der Waals surface area contributed by atoms with Crippen molar-refractivity contribution in [1.82, 2.24) is 0 Å². The Balaban J connectivity index is 0. The Morgan fingerprint density at radius 3 is 0.800 bits per heavy atom.